The Hall–Kier alpha value is -0.570. The Bertz CT molecular complexity index is 389. The van der Waals surface area contributed by atoms with Crippen LogP contribution in [0.1, 0.15) is 38.5 Å². The summed E-state index contributed by atoms with van der Waals surface area (Å²) < 4.78 is 0. The van der Waals surface area contributed by atoms with Gasteiger partial charge in [-0.3, -0.25) is 4.79 Å². The van der Waals surface area contributed by atoms with Crippen LogP contribution >= 0.6 is 0 Å². The molecule has 3 heteroatoms. The lowest BCUT2D eigenvalue weighted by molar-refractivity contribution is -0.130. The van der Waals surface area contributed by atoms with Crippen LogP contribution in [0.5, 0.6) is 0 Å². The lowest BCUT2D eigenvalue weighted by atomic mass is 10.0. The lowest BCUT2D eigenvalue weighted by Crippen LogP contribution is -2.41. The van der Waals surface area contributed by atoms with Crippen molar-refractivity contribution >= 4 is 5.91 Å². The topological polar surface area (TPSA) is 32.3 Å². The van der Waals surface area contributed by atoms with E-state index in [4.69, 9.17) is 0 Å². The first-order valence-electron chi connectivity index (χ1n) is 7.89. The molecule has 1 heterocycles. The molecule has 0 spiro atoms. The summed E-state index contributed by atoms with van der Waals surface area (Å²) in [5.41, 5.74) is 0. The third-order valence-corrected chi connectivity index (χ3v) is 6.31. The van der Waals surface area contributed by atoms with E-state index in [2.05, 4.69) is 10.2 Å². The van der Waals surface area contributed by atoms with Gasteiger partial charge < -0.3 is 10.2 Å². The Morgan fingerprint density at radius 1 is 1.00 bits per heavy atom. The molecular formula is C15H22N2O. The number of hydrogen-bond acceptors (Lipinski definition) is 2. The third kappa shape index (κ3) is 1.26. The van der Waals surface area contributed by atoms with E-state index < -0.39 is 0 Å². The van der Waals surface area contributed by atoms with Gasteiger partial charge in [0.05, 0.1) is 6.04 Å². The number of hydrogen-bond donors (Lipinski definition) is 1. The van der Waals surface area contributed by atoms with Crippen LogP contribution in [-0.2, 0) is 4.79 Å². The number of carbonyl (C=O) groups excluding carboxylic acids is 1. The van der Waals surface area contributed by atoms with Crippen molar-refractivity contribution in [2.75, 3.05) is 6.54 Å². The molecule has 5 atom stereocenters. The number of carbonyl (C=O) groups is 1. The fraction of sp³-hybridized carbons (Fsp3) is 0.933. The zero-order valence-electron chi connectivity index (χ0n) is 10.8. The van der Waals surface area contributed by atoms with Gasteiger partial charge in [-0.1, -0.05) is 0 Å². The van der Waals surface area contributed by atoms with Gasteiger partial charge in [0.1, 0.15) is 0 Å². The summed E-state index contributed by atoms with van der Waals surface area (Å²) in [4.78, 5) is 14.7. The van der Waals surface area contributed by atoms with Crippen molar-refractivity contribution in [3.8, 4) is 0 Å². The fourth-order valence-electron chi connectivity index (χ4n) is 5.38. The number of nitrogens with one attached hydrogen (secondary N) is 1. The molecule has 1 saturated heterocycles. The quantitative estimate of drug-likeness (QED) is 0.816. The van der Waals surface area contributed by atoms with E-state index in [1.165, 1.54) is 32.1 Å². The van der Waals surface area contributed by atoms with Crippen LogP contribution in [-0.4, -0.2) is 35.5 Å². The van der Waals surface area contributed by atoms with Gasteiger partial charge in [-0.05, 0) is 62.2 Å². The fourth-order valence-corrected chi connectivity index (χ4v) is 5.38. The maximum absolute atomic E-state index is 12.5. The Morgan fingerprint density at radius 2 is 1.72 bits per heavy atom. The van der Waals surface area contributed by atoms with Crippen LogP contribution in [0.2, 0.25) is 0 Å². The van der Waals surface area contributed by atoms with E-state index in [-0.39, 0.29) is 6.04 Å². The minimum atomic E-state index is 0.163. The molecule has 5 rings (SSSR count). The zero-order valence-corrected chi connectivity index (χ0v) is 10.8. The molecule has 4 aliphatic carbocycles. The molecule has 5 unspecified atom stereocenters. The summed E-state index contributed by atoms with van der Waals surface area (Å²) in [6, 6.07) is 1.49. The van der Waals surface area contributed by atoms with Gasteiger partial charge in [-0.25, -0.2) is 0 Å². The van der Waals surface area contributed by atoms with Crippen molar-refractivity contribution in [2.45, 2.75) is 56.7 Å². The molecule has 0 aromatic rings. The van der Waals surface area contributed by atoms with Crippen LogP contribution in [0.15, 0.2) is 0 Å². The van der Waals surface area contributed by atoms with Gasteiger partial charge in [-0.2, -0.15) is 0 Å². The molecule has 98 valence electrons. The van der Waals surface area contributed by atoms with E-state index in [1.54, 1.807) is 0 Å². The summed E-state index contributed by atoms with van der Waals surface area (Å²) in [6.45, 7) is 1.03. The van der Waals surface area contributed by atoms with Crippen LogP contribution < -0.4 is 5.32 Å². The molecule has 18 heavy (non-hydrogen) atoms. The Kier molecular flexibility index (Phi) is 1.88. The minimum Gasteiger partial charge on any atom is -0.338 e. The molecule has 5 fully saturated rings. The van der Waals surface area contributed by atoms with Crippen molar-refractivity contribution in [1.82, 2.24) is 10.2 Å². The minimum absolute atomic E-state index is 0.163. The monoisotopic (exact) mass is 246 g/mol. The molecular weight excluding hydrogens is 224 g/mol. The number of nitrogens with zero attached hydrogens (tertiary/aromatic N) is 1. The molecule has 0 aromatic carbocycles. The first kappa shape index (κ1) is 10.2. The maximum Gasteiger partial charge on any atom is 0.240 e. The van der Waals surface area contributed by atoms with Gasteiger partial charge in [0, 0.05) is 18.6 Å². The first-order valence-corrected chi connectivity index (χ1v) is 7.89. The molecule has 0 radical (unpaired) electrons. The number of likely N-dealkylation sites (tertiary alicyclic amines) is 1. The lowest BCUT2D eigenvalue weighted by Gasteiger charge is -2.21. The molecule has 1 N–H and O–H groups in total. The van der Waals surface area contributed by atoms with Gasteiger partial charge in [0.2, 0.25) is 5.91 Å². The predicted octanol–water partition coefficient (Wildman–Crippen LogP) is 1.38. The summed E-state index contributed by atoms with van der Waals surface area (Å²) in [5, 5.41) is 3.53. The summed E-state index contributed by atoms with van der Waals surface area (Å²) in [7, 11) is 0. The van der Waals surface area contributed by atoms with E-state index in [0.29, 0.717) is 18.0 Å². The molecule has 5 aliphatic rings. The SMILES string of the molecule is O=C1C(NC2CC2)CCN1C1C2C3CCC(C3)C21. The highest BCUT2D eigenvalue weighted by Gasteiger charge is 2.68. The highest BCUT2D eigenvalue weighted by Crippen LogP contribution is 2.67. The van der Waals surface area contributed by atoms with E-state index in [9.17, 15) is 4.79 Å². The zero-order chi connectivity index (χ0) is 11.9. The molecule has 1 amide bonds. The molecule has 1 aliphatic heterocycles. The Morgan fingerprint density at radius 3 is 2.39 bits per heavy atom. The average molecular weight is 246 g/mol. The highest BCUT2D eigenvalue weighted by atomic mass is 16.2. The molecule has 2 bridgehead atoms. The van der Waals surface area contributed by atoms with Gasteiger partial charge in [0.15, 0.2) is 0 Å². The number of amides is 1. The summed E-state index contributed by atoms with van der Waals surface area (Å²) in [5.74, 6) is 4.21. The summed E-state index contributed by atoms with van der Waals surface area (Å²) in [6.07, 6.45) is 8.01. The van der Waals surface area contributed by atoms with Crippen LogP contribution in [0.25, 0.3) is 0 Å². The van der Waals surface area contributed by atoms with Crippen molar-refractivity contribution in [3.63, 3.8) is 0 Å². The molecule has 3 nitrogen and oxygen atoms in total. The second-order valence-electron chi connectivity index (χ2n) is 7.29. The first-order chi connectivity index (χ1) is 8.83. The number of rotatable bonds is 3. The standard InChI is InChI=1S/C15H22N2O/c18-15-11(16-10-3-4-10)5-6-17(15)14-12-8-1-2-9(7-8)13(12)14/h8-14,16H,1-7H2. The Labute approximate surface area is 108 Å². The maximum atomic E-state index is 12.5. The summed E-state index contributed by atoms with van der Waals surface area (Å²) >= 11 is 0. The van der Waals surface area contributed by atoms with Crippen molar-refractivity contribution in [3.05, 3.63) is 0 Å². The van der Waals surface area contributed by atoms with Crippen molar-refractivity contribution in [2.24, 2.45) is 23.7 Å². The van der Waals surface area contributed by atoms with E-state index in [1.807, 2.05) is 0 Å². The van der Waals surface area contributed by atoms with Crippen LogP contribution in [0.3, 0.4) is 0 Å². The van der Waals surface area contributed by atoms with Crippen LogP contribution in [0.4, 0.5) is 0 Å². The van der Waals surface area contributed by atoms with Gasteiger partial charge in [0.25, 0.3) is 0 Å². The largest absolute Gasteiger partial charge is 0.338 e. The highest BCUT2D eigenvalue weighted by molar-refractivity contribution is 5.84. The third-order valence-electron chi connectivity index (χ3n) is 6.31. The van der Waals surface area contributed by atoms with Gasteiger partial charge >= 0.3 is 0 Å². The number of fused-ring (bicyclic) bond motifs is 5. The van der Waals surface area contributed by atoms with Gasteiger partial charge in [-0.15, -0.1) is 0 Å². The normalized spacial score (nSPS) is 53.1. The molecule has 4 saturated carbocycles. The van der Waals surface area contributed by atoms with Crippen molar-refractivity contribution < 1.29 is 4.79 Å². The second-order valence-corrected chi connectivity index (χ2v) is 7.29. The van der Waals surface area contributed by atoms with E-state index >= 15 is 0 Å². The Balaban J connectivity index is 1.30. The molecule has 0 aromatic heterocycles. The second kappa shape index (κ2) is 3.30. The smallest absolute Gasteiger partial charge is 0.240 e. The predicted molar refractivity (Wildman–Crippen MR) is 67.9 cm³/mol. The van der Waals surface area contributed by atoms with E-state index in [0.717, 1.165) is 36.6 Å². The average Bonchev–Trinajstić information content (AvgIpc) is 3.22. The van der Waals surface area contributed by atoms with Crippen molar-refractivity contribution in [1.29, 1.82) is 0 Å². The van der Waals surface area contributed by atoms with Crippen LogP contribution in [0, 0.1) is 23.7 Å².